The van der Waals surface area contributed by atoms with E-state index in [0.717, 1.165) is 5.69 Å². The third-order valence-electron chi connectivity index (χ3n) is 2.29. The summed E-state index contributed by atoms with van der Waals surface area (Å²) in [5, 5.41) is 6.81. The van der Waals surface area contributed by atoms with Gasteiger partial charge in [-0.15, -0.1) is 0 Å². The van der Waals surface area contributed by atoms with Crippen LogP contribution in [0.2, 0.25) is 0 Å². The Labute approximate surface area is 87.5 Å². The Bertz CT molecular complexity index is 440. The lowest BCUT2D eigenvalue weighted by Gasteiger charge is -2.13. The Morgan fingerprint density at radius 1 is 1.40 bits per heavy atom. The van der Waals surface area contributed by atoms with E-state index >= 15 is 0 Å². The molecular formula is C10H13N3O2. The fourth-order valence-corrected chi connectivity index (χ4v) is 1.43. The Morgan fingerprint density at radius 2 is 2.07 bits per heavy atom. The highest BCUT2D eigenvalue weighted by Gasteiger charge is 2.27. The summed E-state index contributed by atoms with van der Waals surface area (Å²) >= 11 is 0. The second-order valence-electron chi connectivity index (χ2n) is 4.70. The lowest BCUT2D eigenvalue weighted by molar-refractivity contribution is -0.115. The zero-order valence-electron chi connectivity index (χ0n) is 9.00. The van der Waals surface area contributed by atoms with Gasteiger partial charge in [0.05, 0.1) is 5.69 Å². The number of fused-ring (bicyclic) bond motifs is 1. The van der Waals surface area contributed by atoms with Gasteiger partial charge in [0, 0.05) is 11.5 Å². The van der Waals surface area contributed by atoms with Crippen LogP contribution < -0.4 is 5.32 Å². The Balaban J connectivity index is 2.48. The van der Waals surface area contributed by atoms with Gasteiger partial charge in [-0.1, -0.05) is 20.8 Å². The number of aromatic nitrogens is 2. The lowest BCUT2D eigenvalue weighted by atomic mass is 9.92. The molecule has 0 atom stereocenters. The van der Waals surface area contributed by atoms with E-state index in [0.29, 0.717) is 5.82 Å². The van der Waals surface area contributed by atoms with E-state index in [2.05, 4.69) is 10.4 Å². The monoisotopic (exact) mass is 207 g/mol. The molecule has 80 valence electrons. The zero-order valence-corrected chi connectivity index (χ0v) is 9.00. The number of hydrogen-bond donors (Lipinski definition) is 1. The molecule has 5 nitrogen and oxygen atoms in total. The summed E-state index contributed by atoms with van der Waals surface area (Å²) in [6.07, 6.45) is -0.127. The van der Waals surface area contributed by atoms with E-state index in [4.69, 9.17) is 0 Å². The molecule has 5 heteroatoms. The summed E-state index contributed by atoms with van der Waals surface area (Å²) in [5.41, 5.74) is 0.670. The summed E-state index contributed by atoms with van der Waals surface area (Å²) in [5.74, 6) is -0.0710. The average Bonchev–Trinajstić information content (AvgIpc) is 2.46. The molecule has 0 fully saturated rings. The normalized spacial score (nSPS) is 16.2. The van der Waals surface area contributed by atoms with E-state index in [9.17, 15) is 9.59 Å². The lowest BCUT2D eigenvalue weighted by Crippen LogP contribution is -2.29. The second kappa shape index (κ2) is 2.92. The molecule has 1 aromatic rings. The minimum Gasteiger partial charge on any atom is -0.310 e. The van der Waals surface area contributed by atoms with Gasteiger partial charge < -0.3 is 5.32 Å². The molecule has 0 radical (unpaired) electrons. The third kappa shape index (κ3) is 1.65. The van der Waals surface area contributed by atoms with Crippen molar-refractivity contribution in [1.29, 1.82) is 0 Å². The van der Waals surface area contributed by atoms with Crippen LogP contribution in [0.3, 0.4) is 0 Å². The van der Waals surface area contributed by atoms with Crippen LogP contribution in [0.5, 0.6) is 0 Å². The van der Waals surface area contributed by atoms with Crippen molar-refractivity contribution in [2.75, 3.05) is 5.32 Å². The Morgan fingerprint density at radius 3 is 2.67 bits per heavy atom. The van der Waals surface area contributed by atoms with Crippen molar-refractivity contribution in [2.24, 2.45) is 0 Å². The standard InChI is InChI=1S/C10H13N3O2/c1-10(2,3)6-4-7-11-8(14)5-9(15)13(7)12-6/h4H,5H2,1-3H3,(H,11,14). The number of amides is 1. The topological polar surface area (TPSA) is 64.0 Å². The van der Waals surface area contributed by atoms with E-state index < -0.39 is 0 Å². The van der Waals surface area contributed by atoms with Gasteiger partial charge in [0.25, 0.3) is 5.91 Å². The van der Waals surface area contributed by atoms with Crippen molar-refractivity contribution >= 4 is 17.6 Å². The van der Waals surface area contributed by atoms with Gasteiger partial charge in [0.15, 0.2) is 0 Å². The van der Waals surface area contributed by atoms with Gasteiger partial charge in [0.2, 0.25) is 5.91 Å². The molecule has 1 aliphatic heterocycles. The molecule has 0 spiro atoms. The highest BCUT2D eigenvalue weighted by molar-refractivity contribution is 6.08. The number of anilines is 1. The molecule has 2 heterocycles. The van der Waals surface area contributed by atoms with Crippen molar-refractivity contribution in [3.63, 3.8) is 0 Å². The molecule has 2 rings (SSSR count). The van der Waals surface area contributed by atoms with E-state index in [1.807, 2.05) is 20.8 Å². The van der Waals surface area contributed by atoms with E-state index in [1.165, 1.54) is 4.68 Å². The van der Waals surface area contributed by atoms with Crippen LogP contribution in [0.15, 0.2) is 6.07 Å². The number of hydrogen-bond acceptors (Lipinski definition) is 3. The minimum absolute atomic E-state index is 0.127. The maximum atomic E-state index is 11.5. The first-order chi connectivity index (χ1) is 6.88. The summed E-state index contributed by atoms with van der Waals surface area (Å²) in [4.78, 5) is 22.6. The van der Waals surface area contributed by atoms with Gasteiger partial charge in [-0.3, -0.25) is 9.59 Å². The minimum atomic E-state index is -0.274. The first-order valence-corrected chi connectivity index (χ1v) is 4.81. The molecule has 0 bridgehead atoms. The van der Waals surface area contributed by atoms with E-state index in [-0.39, 0.29) is 23.7 Å². The van der Waals surface area contributed by atoms with Crippen LogP contribution in [0.4, 0.5) is 5.82 Å². The van der Waals surface area contributed by atoms with Gasteiger partial charge >= 0.3 is 0 Å². The van der Waals surface area contributed by atoms with Crippen LogP contribution in [0.1, 0.15) is 37.7 Å². The van der Waals surface area contributed by atoms with Crippen molar-refractivity contribution in [2.45, 2.75) is 32.6 Å². The third-order valence-corrected chi connectivity index (χ3v) is 2.29. The molecule has 1 N–H and O–H groups in total. The molecular weight excluding hydrogens is 194 g/mol. The fraction of sp³-hybridized carbons (Fsp3) is 0.500. The smallest absolute Gasteiger partial charge is 0.258 e. The maximum Gasteiger partial charge on any atom is 0.258 e. The Hall–Kier alpha value is -1.65. The number of nitrogens with zero attached hydrogens (tertiary/aromatic N) is 2. The quantitative estimate of drug-likeness (QED) is 0.649. The number of carbonyl (C=O) groups excluding carboxylic acids is 2. The Kier molecular flexibility index (Phi) is 1.92. The highest BCUT2D eigenvalue weighted by atomic mass is 16.2. The van der Waals surface area contributed by atoms with Crippen LogP contribution in [0, 0.1) is 0 Å². The molecule has 15 heavy (non-hydrogen) atoms. The van der Waals surface area contributed by atoms with Crippen LogP contribution in [-0.2, 0) is 10.2 Å². The molecule has 1 aromatic heterocycles. The molecule has 1 aliphatic rings. The summed E-state index contributed by atoms with van der Waals surface area (Å²) in [6.45, 7) is 6.02. The van der Waals surface area contributed by atoms with Crippen molar-refractivity contribution in [3.05, 3.63) is 11.8 Å². The largest absolute Gasteiger partial charge is 0.310 e. The van der Waals surface area contributed by atoms with Crippen molar-refractivity contribution in [1.82, 2.24) is 9.78 Å². The fourth-order valence-electron chi connectivity index (χ4n) is 1.43. The zero-order chi connectivity index (χ0) is 11.2. The SMILES string of the molecule is CC(C)(C)c1cc2n(n1)C(=O)CC(=O)N2. The van der Waals surface area contributed by atoms with Crippen LogP contribution in [0.25, 0.3) is 0 Å². The van der Waals surface area contributed by atoms with Gasteiger partial charge in [-0.2, -0.15) is 9.78 Å². The highest BCUT2D eigenvalue weighted by Crippen LogP contribution is 2.25. The van der Waals surface area contributed by atoms with Crippen molar-refractivity contribution in [3.8, 4) is 0 Å². The van der Waals surface area contributed by atoms with Crippen LogP contribution in [-0.4, -0.2) is 21.6 Å². The number of nitrogens with one attached hydrogen (secondary N) is 1. The van der Waals surface area contributed by atoms with Gasteiger partial charge in [-0.25, -0.2) is 0 Å². The molecule has 0 aromatic carbocycles. The van der Waals surface area contributed by atoms with Gasteiger partial charge in [-0.05, 0) is 0 Å². The molecule has 0 saturated carbocycles. The second-order valence-corrected chi connectivity index (χ2v) is 4.70. The number of carbonyl (C=O) groups is 2. The maximum absolute atomic E-state index is 11.5. The van der Waals surface area contributed by atoms with Crippen LogP contribution >= 0.6 is 0 Å². The predicted octanol–water partition coefficient (Wildman–Crippen LogP) is 1.16. The first kappa shape index (κ1) is 9.89. The first-order valence-electron chi connectivity index (χ1n) is 4.81. The summed E-state index contributed by atoms with van der Waals surface area (Å²) in [6, 6.07) is 1.74. The summed E-state index contributed by atoms with van der Waals surface area (Å²) in [7, 11) is 0. The van der Waals surface area contributed by atoms with Crippen molar-refractivity contribution < 1.29 is 9.59 Å². The molecule has 0 saturated heterocycles. The average molecular weight is 207 g/mol. The van der Waals surface area contributed by atoms with Gasteiger partial charge in [0.1, 0.15) is 12.2 Å². The number of rotatable bonds is 0. The molecule has 0 aliphatic carbocycles. The summed E-state index contributed by atoms with van der Waals surface area (Å²) < 4.78 is 1.27. The molecule has 1 amide bonds. The predicted molar refractivity (Wildman–Crippen MR) is 54.8 cm³/mol. The van der Waals surface area contributed by atoms with E-state index in [1.54, 1.807) is 6.07 Å². The molecule has 0 unspecified atom stereocenters.